The Morgan fingerprint density at radius 2 is 2.17 bits per heavy atom. The maximum atomic E-state index is 12.7. The van der Waals surface area contributed by atoms with E-state index in [2.05, 4.69) is 0 Å². The summed E-state index contributed by atoms with van der Waals surface area (Å²) in [5, 5.41) is 8.19. The molecule has 0 bridgehead atoms. The lowest BCUT2D eigenvalue weighted by atomic mass is 10.4. The topological polar surface area (TPSA) is 74.7 Å². The predicted octanol–water partition coefficient (Wildman–Crippen LogP) is -0.598. The molecule has 0 amide bonds. The van der Waals surface area contributed by atoms with E-state index in [1.807, 2.05) is 0 Å². The van der Waals surface area contributed by atoms with Crippen molar-refractivity contribution in [2.75, 3.05) is 12.3 Å². The van der Waals surface area contributed by atoms with Gasteiger partial charge in [0.05, 0.1) is 5.75 Å². The van der Waals surface area contributed by atoms with Crippen molar-refractivity contribution in [3.05, 3.63) is 0 Å². The number of aliphatic carboxylic acids is 1. The zero-order valence-corrected chi connectivity index (χ0v) is 6.92. The van der Waals surface area contributed by atoms with Crippen molar-refractivity contribution in [3.63, 3.8) is 0 Å². The molecule has 70 valence electrons. The lowest BCUT2D eigenvalue weighted by Gasteiger charge is -2.14. The largest absolute Gasteiger partial charge is 0.478 e. The first-order chi connectivity index (χ1) is 5.45. The van der Waals surface area contributed by atoms with Gasteiger partial charge in [0.1, 0.15) is 0 Å². The Balaban J connectivity index is 2.83. The Hall–Kier alpha value is -0.690. The lowest BCUT2D eigenvalue weighted by molar-refractivity contribution is -0.147. The van der Waals surface area contributed by atoms with Gasteiger partial charge >= 0.3 is 5.97 Å². The average molecular weight is 197 g/mol. The molecule has 1 unspecified atom stereocenters. The SMILES string of the molecule is O=C(O)C(F)N1CCCS1(=O)=O. The van der Waals surface area contributed by atoms with Crippen molar-refractivity contribution in [1.82, 2.24) is 4.31 Å². The summed E-state index contributed by atoms with van der Waals surface area (Å²) in [7, 11) is -3.65. The van der Waals surface area contributed by atoms with Crippen molar-refractivity contribution in [2.45, 2.75) is 12.7 Å². The van der Waals surface area contributed by atoms with Crippen molar-refractivity contribution in [1.29, 1.82) is 0 Å². The second kappa shape index (κ2) is 2.98. The predicted molar refractivity (Wildman–Crippen MR) is 37.6 cm³/mol. The standard InChI is InChI=1S/C5H8FNO4S/c6-4(5(8)9)7-2-1-3-12(7,10)11/h4H,1-3H2,(H,8,9). The summed E-state index contributed by atoms with van der Waals surface area (Å²) in [6, 6.07) is 0. The number of carbonyl (C=O) groups is 1. The van der Waals surface area contributed by atoms with Crippen LogP contribution in [0, 0.1) is 0 Å². The number of halogens is 1. The number of alkyl halides is 1. The maximum absolute atomic E-state index is 12.7. The molecule has 1 saturated heterocycles. The monoisotopic (exact) mass is 197 g/mol. The highest BCUT2D eigenvalue weighted by Crippen LogP contribution is 2.17. The molecule has 1 atom stereocenters. The van der Waals surface area contributed by atoms with Crippen LogP contribution < -0.4 is 0 Å². The molecule has 0 aliphatic carbocycles. The Kier molecular flexibility index (Phi) is 2.34. The van der Waals surface area contributed by atoms with Gasteiger partial charge in [-0.05, 0) is 6.42 Å². The minimum atomic E-state index is -3.65. The first-order valence-electron chi connectivity index (χ1n) is 3.31. The quantitative estimate of drug-likeness (QED) is 0.600. The first-order valence-corrected chi connectivity index (χ1v) is 4.92. The lowest BCUT2D eigenvalue weighted by Crippen LogP contribution is -2.38. The first kappa shape index (κ1) is 9.40. The van der Waals surface area contributed by atoms with E-state index in [1.54, 1.807) is 0 Å². The summed E-state index contributed by atoms with van der Waals surface area (Å²) in [5.74, 6) is -1.93. The third-order valence-corrected chi connectivity index (χ3v) is 3.48. The Bertz CT molecular complexity index is 288. The number of sulfonamides is 1. The molecule has 1 fully saturated rings. The van der Waals surface area contributed by atoms with Crippen LogP contribution in [0.3, 0.4) is 0 Å². The van der Waals surface area contributed by atoms with Crippen LogP contribution in [0.25, 0.3) is 0 Å². The molecule has 0 aromatic carbocycles. The van der Waals surface area contributed by atoms with Crippen molar-refractivity contribution in [3.8, 4) is 0 Å². The van der Waals surface area contributed by atoms with E-state index in [9.17, 15) is 17.6 Å². The van der Waals surface area contributed by atoms with E-state index in [-0.39, 0.29) is 18.7 Å². The highest BCUT2D eigenvalue weighted by molar-refractivity contribution is 7.89. The van der Waals surface area contributed by atoms with Crippen LogP contribution in [-0.2, 0) is 14.8 Å². The third-order valence-electron chi connectivity index (χ3n) is 1.59. The van der Waals surface area contributed by atoms with E-state index >= 15 is 0 Å². The van der Waals surface area contributed by atoms with Gasteiger partial charge < -0.3 is 5.11 Å². The molecule has 1 N–H and O–H groups in total. The molecular weight excluding hydrogens is 189 g/mol. The van der Waals surface area contributed by atoms with Crippen molar-refractivity contribution >= 4 is 16.0 Å². The molecule has 0 radical (unpaired) electrons. The van der Waals surface area contributed by atoms with Crippen LogP contribution in [0.2, 0.25) is 0 Å². The maximum Gasteiger partial charge on any atom is 0.354 e. The fourth-order valence-electron chi connectivity index (χ4n) is 1.04. The number of carboxylic acid groups (broad SMARTS) is 1. The van der Waals surface area contributed by atoms with Gasteiger partial charge in [0.15, 0.2) is 0 Å². The van der Waals surface area contributed by atoms with E-state index in [0.29, 0.717) is 4.31 Å². The number of hydrogen-bond donors (Lipinski definition) is 1. The van der Waals surface area contributed by atoms with Gasteiger partial charge in [0, 0.05) is 6.54 Å². The average Bonchev–Trinajstić information content (AvgIpc) is 2.27. The molecular formula is C5H8FNO4S. The van der Waals surface area contributed by atoms with E-state index in [4.69, 9.17) is 5.11 Å². The van der Waals surface area contributed by atoms with Gasteiger partial charge in [-0.3, -0.25) is 0 Å². The number of hydrogen-bond acceptors (Lipinski definition) is 3. The Morgan fingerprint density at radius 1 is 1.58 bits per heavy atom. The molecule has 5 nitrogen and oxygen atoms in total. The molecule has 1 aliphatic heterocycles. The summed E-state index contributed by atoms with van der Waals surface area (Å²) < 4.78 is 34.9. The molecule has 0 aromatic rings. The molecule has 0 aromatic heterocycles. The second-order valence-corrected chi connectivity index (χ2v) is 4.50. The van der Waals surface area contributed by atoms with Gasteiger partial charge in [0.25, 0.3) is 6.30 Å². The molecule has 1 aliphatic rings. The van der Waals surface area contributed by atoms with E-state index in [0.717, 1.165) is 0 Å². The Morgan fingerprint density at radius 3 is 2.50 bits per heavy atom. The third kappa shape index (κ3) is 1.56. The van der Waals surface area contributed by atoms with Crippen LogP contribution in [0.15, 0.2) is 0 Å². The minimum absolute atomic E-state index is 0.0458. The fraction of sp³-hybridized carbons (Fsp3) is 0.800. The molecule has 1 rings (SSSR count). The van der Waals surface area contributed by atoms with Crippen molar-refractivity contribution in [2.24, 2.45) is 0 Å². The van der Waals surface area contributed by atoms with E-state index < -0.39 is 22.3 Å². The molecule has 12 heavy (non-hydrogen) atoms. The van der Waals surface area contributed by atoms with Gasteiger partial charge in [-0.15, -0.1) is 0 Å². The fourth-order valence-corrected chi connectivity index (χ4v) is 2.54. The van der Waals surface area contributed by atoms with Gasteiger partial charge in [-0.25, -0.2) is 17.6 Å². The summed E-state index contributed by atoms with van der Waals surface area (Å²) in [5.41, 5.74) is 0. The highest BCUT2D eigenvalue weighted by atomic mass is 32.2. The number of nitrogens with zero attached hydrogens (tertiary/aromatic N) is 1. The van der Waals surface area contributed by atoms with Gasteiger partial charge in [-0.2, -0.15) is 4.31 Å². The summed E-state index contributed by atoms with van der Waals surface area (Å²) in [6.45, 7) is -0.0458. The van der Waals surface area contributed by atoms with Crippen LogP contribution in [-0.4, -0.2) is 42.4 Å². The molecule has 1 heterocycles. The number of carboxylic acids is 1. The molecule has 7 heteroatoms. The normalized spacial score (nSPS) is 25.4. The van der Waals surface area contributed by atoms with Crippen LogP contribution >= 0.6 is 0 Å². The van der Waals surface area contributed by atoms with E-state index in [1.165, 1.54) is 0 Å². The summed E-state index contributed by atoms with van der Waals surface area (Å²) in [6.07, 6.45) is -2.15. The zero-order valence-electron chi connectivity index (χ0n) is 6.10. The summed E-state index contributed by atoms with van der Waals surface area (Å²) in [4.78, 5) is 10.1. The number of rotatable bonds is 2. The minimum Gasteiger partial charge on any atom is -0.478 e. The molecule has 0 saturated carbocycles. The summed E-state index contributed by atoms with van der Waals surface area (Å²) >= 11 is 0. The van der Waals surface area contributed by atoms with Crippen LogP contribution in [0.4, 0.5) is 4.39 Å². The smallest absolute Gasteiger partial charge is 0.354 e. The van der Waals surface area contributed by atoms with Gasteiger partial charge in [-0.1, -0.05) is 0 Å². The highest BCUT2D eigenvalue weighted by Gasteiger charge is 2.38. The van der Waals surface area contributed by atoms with Gasteiger partial charge in [0.2, 0.25) is 10.0 Å². The Labute approximate surface area is 68.8 Å². The molecule has 0 spiro atoms. The van der Waals surface area contributed by atoms with Crippen molar-refractivity contribution < 1.29 is 22.7 Å². The second-order valence-electron chi connectivity index (χ2n) is 2.45. The zero-order chi connectivity index (χ0) is 9.35. The van der Waals surface area contributed by atoms with Crippen LogP contribution in [0.1, 0.15) is 6.42 Å². The van der Waals surface area contributed by atoms with Crippen LogP contribution in [0.5, 0.6) is 0 Å².